The van der Waals surface area contributed by atoms with E-state index in [1.54, 1.807) is 23.6 Å². The highest BCUT2D eigenvalue weighted by molar-refractivity contribution is 7.09. The molecule has 23 heavy (non-hydrogen) atoms. The largest absolute Gasteiger partial charge is 0.345 e. The van der Waals surface area contributed by atoms with Gasteiger partial charge in [0.15, 0.2) is 0 Å². The lowest BCUT2D eigenvalue weighted by Crippen LogP contribution is -2.48. The van der Waals surface area contributed by atoms with Crippen molar-refractivity contribution >= 4 is 42.1 Å². The Morgan fingerprint density at radius 1 is 1.35 bits per heavy atom. The molecule has 1 aromatic heterocycles. The van der Waals surface area contributed by atoms with Gasteiger partial charge in [-0.2, -0.15) is 0 Å². The second kappa shape index (κ2) is 9.17. The predicted octanol–water partition coefficient (Wildman–Crippen LogP) is 3.18. The number of aromatic nitrogens is 1. The summed E-state index contributed by atoms with van der Waals surface area (Å²) in [7, 11) is 0. The third-order valence-corrected chi connectivity index (χ3v) is 3.89. The summed E-state index contributed by atoms with van der Waals surface area (Å²) in [6, 6.07) is 6.56. The molecule has 0 atom stereocenters. The van der Waals surface area contributed by atoms with Crippen LogP contribution >= 0.6 is 36.2 Å². The molecule has 1 heterocycles. The number of rotatable bonds is 5. The van der Waals surface area contributed by atoms with Crippen molar-refractivity contribution in [1.82, 2.24) is 10.3 Å². The standard InChI is InChI=1S/C15H18FN3OS.2ClH/c1-15(2,9-17)19-14(20)12-8-21-13(18-12)7-10-5-3-4-6-11(10)16;;/h3-6,8H,7,9,17H2,1-2H3,(H,19,20);2*1H. The molecule has 3 N–H and O–H groups in total. The van der Waals surface area contributed by atoms with E-state index >= 15 is 0 Å². The molecular weight excluding hydrogens is 360 g/mol. The van der Waals surface area contributed by atoms with Crippen LogP contribution in [0.25, 0.3) is 0 Å². The normalized spacial score (nSPS) is 10.4. The lowest BCUT2D eigenvalue weighted by atomic mass is 10.1. The highest BCUT2D eigenvalue weighted by atomic mass is 35.5. The zero-order valence-electron chi connectivity index (χ0n) is 12.8. The van der Waals surface area contributed by atoms with Crippen LogP contribution in [0.15, 0.2) is 29.6 Å². The van der Waals surface area contributed by atoms with Crippen LogP contribution in [0.5, 0.6) is 0 Å². The third kappa shape index (κ3) is 6.06. The summed E-state index contributed by atoms with van der Waals surface area (Å²) in [5.74, 6) is -0.524. The van der Waals surface area contributed by atoms with Crippen molar-refractivity contribution < 1.29 is 9.18 Å². The molecule has 4 nitrogen and oxygen atoms in total. The Labute approximate surface area is 151 Å². The molecule has 0 unspecified atom stereocenters. The van der Waals surface area contributed by atoms with E-state index in [4.69, 9.17) is 5.73 Å². The van der Waals surface area contributed by atoms with Gasteiger partial charge in [-0.15, -0.1) is 36.2 Å². The van der Waals surface area contributed by atoms with Crippen molar-refractivity contribution in [2.45, 2.75) is 25.8 Å². The summed E-state index contributed by atoms with van der Waals surface area (Å²) in [6.45, 7) is 4.03. The molecule has 0 aliphatic heterocycles. The predicted molar refractivity (Wildman–Crippen MR) is 96.4 cm³/mol. The smallest absolute Gasteiger partial charge is 0.271 e. The Hall–Kier alpha value is -1.21. The molecule has 1 aromatic carbocycles. The van der Waals surface area contributed by atoms with Crippen molar-refractivity contribution in [3.63, 3.8) is 0 Å². The quantitative estimate of drug-likeness (QED) is 0.837. The Balaban J connectivity index is 0.00000242. The van der Waals surface area contributed by atoms with E-state index in [1.165, 1.54) is 17.4 Å². The fourth-order valence-corrected chi connectivity index (χ4v) is 2.52. The summed E-state index contributed by atoms with van der Waals surface area (Å²) < 4.78 is 13.6. The van der Waals surface area contributed by atoms with Gasteiger partial charge < -0.3 is 11.1 Å². The van der Waals surface area contributed by atoms with Gasteiger partial charge >= 0.3 is 0 Å². The molecule has 0 aliphatic carbocycles. The number of nitrogens with two attached hydrogens (primary N) is 1. The second-order valence-electron chi connectivity index (χ2n) is 5.44. The maximum Gasteiger partial charge on any atom is 0.271 e. The zero-order chi connectivity index (χ0) is 15.5. The molecule has 0 saturated carbocycles. The maximum atomic E-state index is 13.6. The summed E-state index contributed by atoms with van der Waals surface area (Å²) in [5.41, 5.74) is 6.01. The fraction of sp³-hybridized carbons (Fsp3) is 0.333. The molecule has 0 saturated heterocycles. The van der Waals surface area contributed by atoms with Gasteiger partial charge in [0.05, 0.1) is 5.01 Å². The minimum atomic E-state index is -0.480. The van der Waals surface area contributed by atoms with Gasteiger partial charge in [0.25, 0.3) is 5.91 Å². The summed E-state index contributed by atoms with van der Waals surface area (Å²) in [5, 5.41) is 5.20. The number of nitrogens with one attached hydrogen (secondary N) is 1. The number of nitrogens with zero attached hydrogens (tertiary/aromatic N) is 1. The molecule has 0 fully saturated rings. The zero-order valence-corrected chi connectivity index (χ0v) is 15.3. The number of carbonyl (C=O) groups excluding carboxylic acids is 1. The lowest BCUT2D eigenvalue weighted by molar-refractivity contribution is 0.0911. The molecule has 1 amide bonds. The van der Waals surface area contributed by atoms with Gasteiger partial charge in [-0.3, -0.25) is 4.79 Å². The Morgan fingerprint density at radius 2 is 2.00 bits per heavy atom. The maximum absolute atomic E-state index is 13.6. The molecule has 128 valence electrons. The van der Waals surface area contributed by atoms with Crippen molar-refractivity contribution in [2.75, 3.05) is 6.54 Å². The second-order valence-corrected chi connectivity index (χ2v) is 6.38. The molecule has 0 radical (unpaired) electrons. The van der Waals surface area contributed by atoms with Crippen molar-refractivity contribution in [2.24, 2.45) is 5.73 Å². The molecule has 0 spiro atoms. The van der Waals surface area contributed by atoms with E-state index < -0.39 is 5.54 Å². The van der Waals surface area contributed by atoms with E-state index in [0.717, 1.165) is 0 Å². The van der Waals surface area contributed by atoms with Crippen molar-refractivity contribution in [1.29, 1.82) is 0 Å². The Kier molecular flexibility index (Phi) is 8.69. The first-order valence-electron chi connectivity index (χ1n) is 6.62. The van der Waals surface area contributed by atoms with E-state index in [9.17, 15) is 9.18 Å². The van der Waals surface area contributed by atoms with Gasteiger partial charge in [-0.1, -0.05) is 18.2 Å². The van der Waals surface area contributed by atoms with Crippen LogP contribution in [0.3, 0.4) is 0 Å². The molecule has 8 heteroatoms. The molecule has 2 aromatic rings. The topological polar surface area (TPSA) is 68.0 Å². The molecular formula is C15H20Cl2FN3OS. The molecule has 0 bridgehead atoms. The minimum Gasteiger partial charge on any atom is -0.345 e. The van der Waals surface area contributed by atoms with Crippen molar-refractivity contribution in [3.8, 4) is 0 Å². The van der Waals surface area contributed by atoms with E-state index in [2.05, 4.69) is 10.3 Å². The van der Waals surface area contributed by atoms with Crippen LogP contribution in [0, 0.1) is 5.82 Å². The van der Waals surface area contributed by atoms with Gasteiger partial charge in [-0.25, -0.2) is 9.37 Å². The van der Waals surface area contributed by atoms with Crippen LogP contribution < -0.4 is 11.1 Å². The number of benzene rings is 1. The highest BCUT2D eigenvalue weighted by Crippen LogP contribution is 2.17. The van der Waals surface area contributed by atoms with Gasteiger partial charge in [-0.05, 0) is 25.5 Å². The number of hydrogen-bond acceptors (Lipinski definition) is 4. The Bertz CT molecular complexity index is 649. The summed E-state index contributed by atoms with van der Waals surface area (Å²) in [4.78, 5) is 16.3. The van der Waals surface area contributed by atoms with E-state index in [0.29, 0.717) is 29.2 Å². The van der Waals surface area contributed by atoms with E-state index in [-0.39, 0.29) is 36.5 Å². The fourth-order valence-electron chi connectivity index (χ4n) is 1.72. The van der Waals surface area contributed by atoms with Crippen molar-refractivity contribution in [3.05, 3.63) is 51.7 Å². The van der Waals surface area contributed by atoms with Crippen LogP contribution in [-0.4, -0.2) is 23.0 Å². The first-order valence-corrected chi connectivity index (χ1v) is 7.49. The number of carbonyl (C=O) groups is 1. The minimum absolute atomic E-state index is 0. The van der Waals surface area contributed by atoms with Crippen LogP contribution in [0.4, 0.5) is 4.39 Å². The molecule has 0 aliphatic rings. The van der Waals surface area contributed by atoms with Crippen LogP contribution in [-0.2, 0) is 6.42 Å². The molecule has 2 rings (SSSR count). The van der Waals surface area contributed by atoms with Crippen LogP contribution in [0.1, 0.15) is 34.9 Å². The average molecular weight is 380 g/mol. The van der Waals surface area contributed by atoms with Gasteiger partial charge in [0.1, 0.15) is 11.5 Å². The number of amides is 1. The highest BCUT2D eigenvalue weighted by Gasteiger charge is 2.21. The third-order valence-electron chi connectivity index (χ3n) is 3.05. The monoisotopic (exact) mass is 379 g/mol. The van der Waals surface area contributed by atoms with Gasteiger partial charge in [0.2, 0.25) is 0 Å². The van der Waals surface area contributed by atoms with E-state index in [1.807, 2.05) is 13.8 Å². The first kappa shape index (κ1) is 21.8. The number of halogens is 3. The lowest BCUT2D eigenvalue weighted by Gasteiger charge is -2.23. The Morgan fingerprint density at radius 3 is 2.61 bits per heavy atom. The summed E-state index contributed by atoms with van der Waals surface area (Å²) in [6.07, 6.45) is 0.380. The first-order chi connectivity index (χ1) is 9.91. The van der Waals surface area contributed by atoms with Gasteiger partial charge in [0, 0.05) is 23.9 Å². The number of hydrogen-bond donors (Lipinski definition) is 2. The average Bonchev–Trinajstić information content (AvgIpc) is 2.90. The van der Waals surface area contributed by atoms with Crippen LogP contribution in [0.2, 0.25) is 0 Å². The SMILES string of the molecule is CC(C)(CN)NC(=O)c1csc(Cc2ccccc2F)n1.Cl.Cl. The number of thiazole rings is 1. The summed E-state index contributed by atoms with van der Waals surface area (Å²) >= 11 is 1.35.